The Labute approximate surface area is 142 Å². The molecular weight excluding hydrogens is 298 g/mol. The molecule has 4 rings (SSSR count). The highest BCUT2D eigenvalue weighted by atomic mass is 16.3. The van der Waals surface area contributed by atoms with E-state index in [1.165, 1.54) is 23.1 Å². The van der Waals surface area contributed by atoms with Crippen LogP contribution in [-0.2, 0) is 13.0 Å². The highest BCUT2D eigenvalue weighted by Crippen LogP contribution is 2.25. The van der Waals surface area contributed by atoms with E-state index in [1.807, 2.05) is 24.5 Å². The van der Waals surface area contributed by atoms with Crippen molar-refractivity contribution in [2.75, 3.05) is 25.2 Å². The van der Waals surface area contributed by atoms with Gasteiger partial charge >= 0.3 is 0 Å². The minimum absolute atomic E-state index is 0.988. The average molecular weight is 321 g/mol. The zero-order chi connectivity index (χ0) is 16.4. The number of fused-ring (bicyclic) bond motifs is 2. The molecule has 0 saturated heterocycles. The van der Waals surface area contributed by atoms with E-state index in [4.69, 9.17) is 4.42 Å². The molecule has 24 heavy (non-hydrogen) atoms. The van der Waals surface area contributed by atoms with Crippen LogP contribution in [0.1, 0.15) is 24.2 Å². The van der Waals surface area contributed by atoms with Crippen LogP contribution in [0.4, 0.5) is 5.69 Å². The number of aromatic nitrogens is 1. The lowest BCUT2D eigenvalue weighted by atomic mass is 10.1. The van der Waals surface area contributed by atoms with Gasteiger partial charge in [-0.2, -0.15) is 0 Å². The minimum atomic E-state index is 0.988. The normalized spacial score (nSPS) is 15.0. The lowest BCUT2D eigenvalue weighted by Gasteiger charge is -2.35. The topological polar surface area (TPSA) is 32.5 Å². The fourth-order valence-electron chi connectivity index (χ4n) is 3.53. The highest BCUT2D eigenvalue weighted by molar-refractivity contribution is 5.77. The van der Waals surface area contributed by atoms with Crippen LogP contribution in [0.15, 0.2) is 53.2 Å². The number of anilines is 1. The molecule has 0 amide bonds. The van der Waals surface area contributed by atoms with E-state index >= 15 is 0 Å². The van der Waals surface area contributed by atoms with Crippen LogP contribution >= 0.6 is 0 Å². The first-order valence-electron chi connectivity index (χ1n) is 8.63. The van der Waals surface area contributed by atoms with Gasteiger partial charge < -0.3 is 9.32 Å². The molecule has 0 radical (unpaired) electrons. The fraction of sp³-hybridized carbons (Fsp3) is 0.350. The summed E-state index contributed by atoms with van der Waals surface area (Å²) in [7, 11) is 2.15. The summed E-state index contributed by atoms with van der Waals surface area (Å²) in [5.74, 6) is 1.10. The number of para-hydroxylation sites is 1. The van der Waals surface area contributed by atoms with E-state index in [2.05, 4.69) is 46.1 Å². The van der Waals surface area contributed by atoms with Gasteiger partial charge in [-0.05, 0) is 31.0 Å². The Kier molecular flexibility index (Phi) is 4.22. The van der Waals surface area contributed by atoms with Gasteiger partial charge in [0.05, 0.1) is 6.67 Å². The molecule has 1 aromatic carbocycles. The van der Waals surface area contributed by atoms with Gasteiger partial charge in [0.15, 0.2) is 0 Å². The van der Waals surface area contributed by atoms with Crippen molar-refractivity contribution in [3.05, 3.63) is 60.1 Å². The maximum absolute atomic E-state index is 5.89. The molecule has 3 aromatic rings. The largest absolute Gasteiger partial charge is 0.461 e. The molecule has 4 heteroatoms. The van der Waals surface area contributed by atoms with Crippen LogP contribution < -0.4 is 4.90 Å². The average Bonchev–Trinajstić information content (AvgIpc) is 3.02. The molecule has 1 aliphatic rings. The molecular formula is C20H23N3O. The summed E-state index contributed by atoms with van der Waals surface area (Å²) in [5.41, 5.74) is 3.63. The number of aryl methyl sites for hydroxylation is 1. The Bertz CT molecular complexity index is 793. The monoisotopic (exact) mass is 321 g/mol. The van der Waals surface area contributed by atoms with Gasteiger partial charge in [-0.15, -0.1) is 0 Å². The third kappa shape index (κ3) is 3.15. The summed E-state index contributed by atoms with van der Waals surface area (Å²) >= 11 is 0. The molecule has 0 atom stereocenters. The lowest BCUT2D eigenvalue weighted by molar-refractivity contribution is 0.250. The van der Waals surface area contributed by atoms with Crippen molar-refractivity contribution in [2.45, 2.75) is 25.8 Å². The molecule has 0 aliphatic carbocycles. The predicted octanol–water partition coefficient (Wildman–Crippen LogP) is 4.06. The van der Waals surface area contributed by atoms with Gasteiger partial charge in [-0.1, -0.05) is 18.2 Å². The molecule has 1 aliphatic heterocycles. The predicted molar refractivity (Wildman–Crippen MR) is 97.1 cm³/mol. The summed E-state index contributed by atoms with van der Waals surface area (Å²) in [6.45, 7) is 3.10. The Hall–Kier alpha value is -2.33. The zero-order valence-corrected chi connectivity index (χ0v) is 14.1. The number of pyridine rings is 1. The van der Waals surface area contributed by atoms with Gasteiger partial charge in [0.25, 0.3) is 0 Å². The van der Waals surface area contributed by atoms with Crippen LogP contribution in [0, 0.1) is 0 Å². The smallest absolute Gasteiger partial charge is 0.134 e. The van der Waals surface area contributed by atoms with Crippen molar-refractivity contribution in [1.29, 1.82) is 0 Å². The summed E-state index contributed by atoms with van der Waals surface area (Å²) in [5, 5.41) is 1.20. The number of hydrogen-bond donors (Lipinski definition) is 0. The van der Waals surface area contributed by atoms with Crippen molar-refractivity contribution in [3.8, 4) is 0 Å². The second kappa shape index (κ2) is 6.65. The molecule has 0 saturated carbocycles. The molecule has 2 aromatic heterocycles. The Morgan fingerprint density at radius 3 is 3.00 bits per heavy atom. The molecule has 3 heterocycles. The minimum Gasteiger partial charge on any atom is -0.461 e. The van der Waals surface area contributed by atoms with E-state index in [-0.39, 0.29) is 0 Å². The van der Waals surface area contributed by atoms with Gasteiger partial charge in [0.2, 0.25) is 0 Å². The first-order valence-corrected chi connectivity index (χ1v) is 8.63. The van der Waals surface area contributed by atoms with E-state index < -0.39 is 0 Å². The number of furan rings is 1. The summed E-state index contributed by atoms with van der Waals surface area (Å²) < 4.78 is 5.89. The quantitative estimate of drug-likeness (QED) is 0.663. The molecule has 0 bridgehead atoms. The summed E-state index contributed by atoms with van der Waals surface area (Å²) in [4.78, 5) is 9.05. The second-order valence-electron chi connectivity index (χ2n) is 6.60. The molecule has 0 unspecified atom stereocenters. The Balaban J connectivity index is 1.29. The third-order valence-corrected chi connectivity index (χ3v) is 4.72. The van der Waals surface area contributed by atoms with Gasteiger partial charge in [0.1, 0.15) is 11.3 Å². The standard InChI is InChI=1S/C20H23N3O/c1-22-15-23(14-17-13-21-10-9-19(17)22)11-5-4-7-18-12-16-6-2-3-8-20(16)24-18/h2-3,6,8-10,12-13H,4-5,7,11,14-15H2,1H3. The first kappa shape index (κ1) is 15.2. The number of nitrogens with zero attached hydrogens (tertiary/aromatic N) is 3. The molecule has 0 N–H and O–H groups in total. The van der Waals surface area contributed by atoms with Crippen LogP contribution in [0.3, 0.4) is 0 Å². The number of rotatable bonds is 5. The Morgan fingerprint density at radius 2 is 2.08 bits per heavy atom. The Morgan fingerprint density at radius 1 is 1.17 bits per heavy atom. The van der Waals surface area contributed by atoms with Gasteiger partial charge in [0, 0.05) is 55.6 Å². The first-order chi connectivity index (χ1) is 11.8. The summed E-state index contributed by atoms with van der Waals surface area (Å²) in [6.07, 6.45) is 7.21. The maximum Gasteiger partial charge on any atom is 0.134 e. The highest BCUT2D eigenvalue weighted by Gasteiger charge is 2.19. The summed E-state index contributed by atoms with van der Waals surface area (Å²) in [6, 6.07) is 12.5. The van der Waals surface area contributed by atoms with Crippen LogP contribution in [0.5, 0.6) is 0 Å². The molecule has 124 valence electrons. The van der Waals surface area contributed by atoms with E-state index in [0.717, 1.165) is 43.9 Å². The number of unbranched alkanes of at least 4 members (excludes halogenated alkanes) is 1. The van der Waals surface area contributed by atoms with E-state index in [0.29, 0.717) is 0 Å². The van der Waals surface area contributed by atoms with Crippen molar-refractivity contribution in [1.82, 2.24) is 9.88 Å². The SMILES string of the molecule is CN1CN(CCCCc2cc3ccccc3o2)Cc2cnccc21. The molecule has 0 fully saturated rings. The third-order valence-electron chi connectivity index (χ3n) is 4.72. The van der Waals surface area contributed by atoms with Gasteiger partial charge in [-0.25, -0.2) is 0 Å². The van der Waals surface area contributed by atoms with Crippen LogP contribution in [-0.4, -0.2) is 30.1 Å². The number of benzene rings is 1. The molecule has 0 spiro atoms. The second-order valence-corrected chi connectivity index (χ2v) is 6.60. The van der Waals surface area contributed by atoms with Crippen molar-refractivity contribution < 1.29 is 4.42 Å². The van der Waals surface area contributed by atoms with Crippen LogP contribution in [0.2, 0.25) is 0 Å². The molecule has 4 nitrogen and oxygen atoms in total. The zero-order valence-electron chi connectivity index (χ0n) is 14.1. The van der Waals surface area contributed by atoms with E-state index in [1.54, 1.807) is 0 Å². The fourth-order valence-corrected chi connectivity index (χ4v) is 3.53. The maximum atomic E-state index is 5.89. The van der Waals surface area contributed by atoms with Crippen LogP contribution in [0.25, 0.3) is 11.0 Å². The lowest BCUT2D eigenvalue weighted by Crippen LogP contribution is -2.40. The van der Waals surface area contributed by atoms with Crippen molar-refractivity contribution in [2.24, 2.45) is 0 Å². The van der Waals surface area contributed by atoms with Gasteiger partial charge in [-0.3, -0.25) is 9.88 Å². The van der Waals surface area contributed by atoms with E-state index in [9.17, 15) is 0 Å². The van der Waals surface area contributed by atoms with Crippen molar-refractivity contribution in [3.63, 3.8) is 0 Å². The van der Waals surface area contributed by atoms with Crippen molar-refractivity contribution >= 4 is 16.7 Å². The number of hydrogen-bond acceptors (Lipinski definition) is 4.